The number of H-pyrrole nitrogens is 2. The first kappa shape index (κ1) is 68.5. The summed E-state index contributed by atoms with van der Waals surface area (Å²) in [6, 6.07) is -1.56. The van der Waals surface area contributed by atoms with E-state index in [0.717, 1.165) is 6.92 Å². The second-order valence-corrected chi connectivity index (χ2v) is 21.7. The number of carbonyl (C=O) groups excluding carboxylic acids is 10. The molecule has 85 heavy (non-hydrogen) atoms. The SMILES string of the molecule is CC(C)C[C@H](NC(=O)[C@H](C)NC(=O)[C@H](C)N)C(=O)N[C@@H](CC(=O)O)C(=O)N[C@@H](Cc1c[nH]c2ccccc12)C(=O)N[C@@H](CO)C(=O)N[C@@H](Cc1c[nH]c2ccccc12)C(=O)N[C@@H](CC(C)C)C(=O)N[C@@H](CCC(N)=O)C(=O)N[C@H](C(=O)O)[C@@H](C)O. The van der Waals surface area contributed by atoms with Crippen LogP contribution in [-0.4, -0.2) is 175 Å². The third kappa shape index (κ3) is 21.0. The van der Waals surface area contributed by atoms with E-state index in [1.165, 1.54) is 13.8 Å². The van der Waals surface area contributed by atoms with Crippen molar-refractivity contribution in [2.45, 2.75) is 160 Å². The summed E-state index contributed by atoms with van der Waals surface area (Å²) in [7, 11) is 0. The van der Waals surface area contributed by atoms with Crippen LogP contribution in [0.1, 0.15) is 91.7 Å². The van der Waals surface area contributed by atoms with E-state index in [1.807, 2.05) is 0 Å². The van der Waals surface area contributed by atoms with Gasteiger partial charge < -0.3 is 89.7 Å². The molecule has 0 aliphatic rings. The number of para-hydroxylation sites is 2. The lowest BCUT2D eigenvalue weighted by atomic mass is 9.99. The number of nitrogens with two attached hydrogens (primary N) is 2. The van der Waals surface area contributed by atoms with Crippen LogP contribution in [0.15, 0.2) is 60.9 Å². The van der Waals surface area contributed by atoms with Crippen LogP contribution < -0.4 is 59.3 Å². The summed E-state index contributed by atoms with van der Waals surface area (Å²) in [6.07, 6.45) is -1.05. The van der Waals surface area contributed by atoms with Gasteiger partial charge in [0.05, 0.1) is 25.2 Å². The van der Waals surface area contributed by atoms with Crippen LogP contribution in [0.5, 0.6) is 0 Å². The third-order valence-electron chi connectivity index (χ3n) is 13.5. The van der Waals surface area contributed by atoms with Crippen LogP contribution in [0.2, 0.25) is 0 Å². The van der Waals surface area contributed by atoms with Crippen LogP contribution in [-0.2, 0) is 70.4 Å². The monoisotopic (exact) mass is 1190 g/mol. The molecule has 4 rings (SSSR count). The maximum Gasteiger partial charge on any atom is 0.328 e. The highest BCUT2D eigenvalue weighted by Crippen LogP contribution is 2.22. The Bertz CT molecular complexity index is 3050. The second kappa shape index (κ2) is 32.2. The number of aliphatic hydroxyl groups excluding tert-OH is 2. The molecule has 0 fully saturated rings. The first-order valence-corrected chi connectivity index (χ1v) is 27.6. The van der Waals surface area contributed by atoms with Crippen molar-refractivity contribution in [1.29, 1.82) is 0 Å². The molecule has 0 aliphatic heterocycles. The van der Waals surface area contributed by atoms with Gasteiger partial charge in [-0.05, 0) is 75.1 Å². The molecule has 0 radical (unpaired) electrons. The number of primary amides is 1. The Morgan fingerprint density at radius 3 is 1.31 bits per heavy atom. The van der Waals surface area contributed by atoms with Crippen LogP contribution in [0.4, 0.5) is 0 Å². The van der Waals surface area contributed by atoms with Crippen LogP contribution in [0.3, 0.4) is 0 Å². The second-order valence-electron chi connectivity index (χ2n) is 21.7. The lowest BCUT2D eigenvalue weighted by molar-refractivity contribution is -0.145. The minimum absolute atomic E-state index is 0.00832. The highest BCUT2D eigenvalue weighted by atomic mass is 16.4. The largest absolute Gasteiger partial charge is 0.481 e. The van der Waals surface area contributed by atoms with Crippen molar-refractivity contribution in [2.24, 2.45) is 23.3 Å². The molecule has 29 heteroatoms. The van der Waals surface area contributed by atoms with E-state index < -0.39 is 163 Å². The van der Waals surface area contributed by atoms with Crippen LogP contribution in [0.25, 0.3) is 21.8 Å². The summed E-state index contributed by atoms with van der Waals surface area (Å²) in [4.78, 5) is 167. The quantitative estimate of drug-likeness (QED) is 0.0229. The van der Waals surface area contributed by atoms with E-state index in [-0.39, 0.29) is 37.5 Å². The van der Waals surface area contributed by atoms with Gasteiger partial charge in [0.1, 0.15) is 48.3 Å². The zero-order valence-electron chi connectivity index (χ0n) is 48.3. The van der Waals surface area contributed by atoms with Crippen molar-refractivity contribution < 1.29 is 78.0 Å². The Morgan fingerprint density at radius 2 is 0.882 bits per heavy atom. The molecule has 2 aromatic heterocycles. The lowest BCUT2D eigenvalue weighted by Gasteiger charge is -2.28. The number of fused-ring (bicyclic) bond motifs is 2. The summed E-state index contributed by atoms with van der Waals surface area (Å²) in [5, 5.41) is 63.4. The first-order valence-electron chi connectivity index (χ1n) is 27.6. The summed E-state index contributed by atoms with van der Waals surface area (Å²) < 4.78 is 0. The first-order chi connectivity index (χ1) is 40.0. The van der Waals surface area contributed by atoms with Gasteiger partial charge in [-0.2, -0.15) is 0 Å². The molecule has 19 N–H and O–H groups in total. The van der Waals surface area contributed by atoms with E-state index in [1.54, 1.807) is 88.6 Å². The van der Waals surface area contributed by atoms with Gasteiger partial charge >= 0.3 is 11.9 Å². The van der Waals surface area contributed by atoms with Crippen molar-refractivity contribution in [1.82, 2.24) is 57.8 Å². The predicted molar refractivity (Wildman–Crippen MR) is 307 cm³/mol. The normalized spacial score (nSPS) is 15.2. The third-order valence-corrected chi connectivity index (χ3v) is 13.5. The van der Waals surface area contributed by atoms with E-state index in [0.29, 0.717) is 32.9 Å². The van der Waals surface area contributed by atoms with E-state index >= 15 is 0 Å². The summed E-state index contributed by atoms with van der Waals surface area (Å²) >= 11 is 0. The molecule has 0 saturated carbocycles. The molecule has 0 unspecified atom stereocenters. The fraction of sp³-hybridized carbons (Fsp3) is 0.500. The molecule has 464 valence electrons. The molecule has 10 amide bonds. The molecule has 4 aromatic rings. The van der Waals surface area contributed by atoms with Crippen molar-refractivity contribution >= 4 is 92.8 Å². The lowest BCUT2D eigenvalue weighted by Crippen LogP contribution is -2.61. The zero-order chi connectivity index (χ0) is 63.4. The maximum absolute atomic E-state index is 14.6. The fourth-order valence-corrected chi connectivity index (χ4v) is 8.98. The number of carboxylic acids is 2. The van der Waals surface area contributed by atoms with Gasteiger partial charge in [-0.15, -0.1) is 0 Å². The van der Waals surface area contributed by atoms with Gasteiger partial charge in [-0.25, -0.2) is 4.79 Å². The predicted octanol–water partition coefficient (Wildman–Crippen LogP) is -2.55. The molecule has 0 saturated heterocycles. The van der Waals surface area contributed by atoms with Gasteiger partial charge in [0.25, 0.3) is 0 Å². The molecular weight excluding hydrogens is 1110 g/mol. The summed E-state index contributed by atoms with van der Waals surface area (Å²) in [5.41, 5.74) is 13.2. The number of rotatable bonds is 34. The number of aromatic nitrogens is 2. The molecule has 2 aromatic carbocycles. The number of benzene rings is 2. The van der Waals surface area contributed by atoms with Gasteiger partial charge in [-0.1, -0.05) is 64.1 Å². The number of amides is 10. The van der Waals surface area contributed by atoms with Gasteiger partial charge in [0.15, 0.2) is 6.04 Å². The minimum Gasteiger partial charge on any atom is -0.481 e. The summed E-state index contributed by atoms with van der Waals surface area (Å²) in [5.74, 6) is -13.5. The summed E-state index contributed by atoms with van der Waals surface area (Å²) in [6.45, 7) is 9.64. The molecule has 0 spiro atoms. The number of aliphatic hydroxyl groups is 2. The standard InChI is InChI=1S/C56H79N13O16/c1-26(2)18-38(63-48(76)29(6)61-47(75)28(5)57)51(79)67-42(22-45(73)74)54(82)65-41(21-32-24-60-36-15-11-9-13-34(32)36)53(81)68-43(25-70)55(83)66-40(20-31-23-59-35-14-10-8-12-33(31)35)52(80)64-39(19-27(3)4)50(78)62-37(16-17-44(58)72)49(77)69-46(30(7)71)56(84)85/h8-15,23-24,26-30,37-43,46,59-60,70-71H,16-22,25,57H2,1-7H3,(H2,58,72)(H,61,75)(H,62,78)(H,63,76)(H,64,80)(H,65,82)(H,66,83)(H,67,79)(H,68,81)(H,69,77)(H,73,74)(H,84,85)/t28-,29-,30+,37-,38-,39-,40-,41-,42-,43-,46-/m0/s1. The smallest absolute Gasteiger partial charge is 0.328 e. The number of aromatic amines is 2. The van der Waals surface area contributed by atoms with E-state index in [2.05, 4.69) is 57.8 Å². The van der Waals surface area contributed by atoms with Crippen molar-refractivity contribution in [3.8, 4) is 0 Å². The van der Waals surface area contributed by atoms with Crippen LogP contribution >= 0.6 is 0 Å². The minimum atomic E-state index is -1.88. The van der Waals surface area contributed by atoms with Gasteiger partial charge in [-0.3, -0.25) is 52.7 Å². The maximum atomic E-state index is 14.6. The molecule has 29 nitrogen and oxygen atoms in total. The fourth-order valence-electron chi connectivity index (χ4n) is 8.98. The van der Waals surface area contributed by atoms with Crippen LogP contribution in [0, 0.1) is 11.8 Å². The number of hydrogen-bond acceptors (Lipinski definition) is 15. The molecule has 11 atom stereocenters. The molecule has 0 bridgehead atoms. The van der Waals surface area contributed by atoms with Gasteiger partial charge in [0, 0.05) is 53.5 Å². The van der Waals surface area contributed by atoms with Crippen molar-refractivity contribution in [3.63, 3.8) is 0 Å². The number of aliphatic carboxylic acids is 2. The Labute approximate surface area is 489 Å². The number of carboxylic acid groups (broad SMARTS) is 2. The molecule has 0 aliphatic carbocycles. The average molecular weight is 1190 g/mol. The highest BCUT2D eigenvalue weighted by Gasteiger charge is 2.37. The Balaban J connectivity index is 1.67. The number of hydrogen-bond donors (Lipinski definition) is 17. The van der Waals surface area contributed by atoms with E-state index in [4.69, 9.17) is 11.5 Å². The van der Waals surface area contributed by atoms with Crippen molar-refractivity contribution in [3.05, 3.63) is 72.1 Å². The molecular formula is C56H79N13O16. The average Bonchev–Trinajstić information content (AvgIpc) is 3.55. The Hall–Kier alpha value is -8.96. The topological polar surface area (TPSA) is 478 Å². The number of nitrogens with one attached hydrogen (secondary N) is 11. The highest BCUT2D eigenvalue weighted by molar-refractivity contribution is 6.00. The van der Waals surface area contributed by atoms with E-state index in [9.17, 15) is 78.0 Å². The van der Waals surface area contributed by atoms with Gasteiger partial charge in [0.2, 0.25) is 59.1 Å². The van der Waals surface area contributed by atoms with Crippen molar-refractivity contribution in [2.75, 3.05) is 6.61 Å². The Morgan fingerprint density at radius 1 is 0.494 bits per heavy atom. The molecule has 2 heterocycles. The zero-order valence-corrected chi connectivity index (χ0v) is 48.3. The Kier molecular flexibility index (Phi) is 26.0. The number of carbonyl (C=O) groups is 12.